The average Bonchev–Trinajstić information content (AvgIpc) is 2.23. The Hall–Kier alpha value is -1.04. The molecule has 0 unspecified atom stereocenters. The van der Waals surface area contributed by atoms with Crippen molar-refractivity contribution >= 4 is 0 Å². The summed E-state index contributed by atoms with van der Waals surface area (Å²) in [6.07, 6.45) is 7.72. The molecule has 0 aliphatic rings. The molecule has 0 aromatic rings. The Kier molecular flexibility index (Phi) is 23.9. The molecule has 0 N–H and O–H groups in total. The summed E-state index contributed by atoms with van der Waals surface area (Å²) in [4.78, 5) is 0. The van der Waals surface area contributed by atoms with Crippen LogP contribution >= 0.6 is 0 Å². The maximum atomic E-state index is 3.83. The molecule has 0 aromatic carbocycles. The highest BCUT2D eigenvalue weighted by Gasteiger charge is 1.87. The monoisotopic (exact) mass is 194 g/mol. The van der Waals surface area contributed by atoms with Gasteiger partial charge in [-0.3, -0.25) is 0 Å². The van der Waals surface area contributed by atoms with Crippen LogP contribution < -0.4 is 0 Å². The molecule has 0 fully saturated rings. The van der Waals surface area contributed by atoms with E-state index < -0.39 is 0 Å². The summed E-state index contributed by atoms with van der Waals surface area (Å²) >= 11 is 0. The highest BCUT2D eigenvalue weighted by atomic mass is 13.9. The van der Waals surface area contributed by atoms with Gasteiger partial charge >= 0.3 is 0 Å². The first kappa shape index (κ1) is 18.7. The second-order valence-corrected chi connectivity index (χ2v) is 2.14. The lowest BCUT2D eigenvalue weighted by Gasteiger charge is -1.96. The van der Waals surface area contributed by atoms with Crippen LogP contribution in [-0.2, 0) is 0 Å². The van der Waals surface area contributed by atoms with Crippen LogP contribution in [0.1, 0.15) is 41.5 Å². The zero-order chi connectivity index (χ0) is 12.0. The van der Waals surface area contributed by atoms with Crippen molar-refractivity contribution in [2.75, 3.05) is 0 Å². The number of hydrogen-bond acceptors (Lipinski definition) is 0. The van der Waals surface area contributed by atoms with Crippen molar-refractivity contribution in [1.82, 2.24) is 0 Å². The molecule has 0 aliphatic heterocycles. The SMILES string of the molecule is C=C/C=C(\C=C/C)C(=C)C.CC.CC. The van der Waals surface area contributed by atoms with Gasteiger partial charge in [-0.2, -0.15) is 0 Å². The molecule has 0 radical (unpaired) electrons. The quantitative estimate of drug-likeness (QED) is 0.534. The fourth-order valence-corrected chi connectivity index (χ4v) is 0.647. The molecular weight excluding hydrogens is 168 g/mol. The first-order valence-electron chi connectivity index (χ1n) is 5.33. The lowest BCUT2D eigenvalue weighted by atomic mass is 10.1. The van der Waals surface area contributed by atoms with Crippen LogP contribution in [0.5, 0.6) is 0 Å². The van der Waals surface area contributed by atoms with Gasteiger partial charge in [-0.25, -0.2) is 0 Å². The van der Waals surface area contributed by atoms with Crippen LogP contribution in [0.2, 0.25) is 0 Å². The smallest absolute Gasteiger partial charge is 0.0237 e. The first-order chi connectivity index (χ1) is 6.72. The molecule has 0 heterocycles. The standard InChI is InChI=1S/C10H14.2C2H6/c1-5-7-10(8-6-2)9(3)4;2*1-2/h5-8H,1,3H2,2,4H3;2*1-2H3/b8-6-,10-7+;;. The van der Waals surface area contributed by atoms with Gasteiger partial charge in [-0.1, -0.05) is 70.7 Å². The van der Waals surface area contributed by atoms with Gasteiger partial charge in [0.15, 0.2) is 0 Å². The lowest BCUT2D eigenvalue weighted by molar-refractivity contribution is 1.44. The second-order valence-electron chi connectivity index (χ2n) is 2.14. The topological polar surface area (TPSA) is 0 Å². The van der Waals surface area contributed by atoms with E-state index in [0.29, 0.717) is 0 Å². The van der Waals surface area contributed by atoms with Crippen LogP contribution in [-0.4, -0.2) is 0 Å². The summed E-state index contributed by atoms with van der Waals surface area (Å²) < 4.78 is 0. The summed E-state index contributed by atoms with van der Waals surface area (Å²) in [6.45, 7) is 19.4. The molecular formula is C14H26. The van der Waals surface area contributed by atoms with Crippen molar-refractivity contribution < 1.29 is 0 Å². The van der Waals surface area contributed by atoms with Gasteiger partial charge in [0.05, 0.1) is 0 Å². The Labute approximate surface area is 90.7 Å². The second kappa shape index (κ2) is 17.9. The molecule has 0 heteroatoms. The maximum Gasteiger partial charge on any atom is -0.0237 e. The molecule has 0 aliphatic carbocycles. The first-order valence-corrected chi connectivity index (χ1v) is 5.33. The molecule has 0 spiro atoms. The Balaban J connectivity index is -0.000000266. The Morgan fingerprint density at radius 1 is 1.07 bits per heavy atom. The van der Waals surface area contributed by atoms with E-state index in [1.807, 2.05) is 59.8 Å². The van der Waals surface area contributed by atoms with Crippen molar-refractivity contribution in [3.63, 3.8) is 0 Å². The average molecular weight is 194 g/mol. The van der Waals surface area contributed by atoms with Gasteiger partial charge in [-0.15, -0.1) is 0 Å². The van der Waals surface area contributed by atoms with E-state index in [0.717, 1.165) is 11.1 Å². The minimum Gasteiger partial charge on any atom is -0.0990 e. The Morgan fingerprint density at radius 2 is 1.50 bits per heavy atom. The van der Waals surface area contributed by atoms with Crippen molar-refractivity contribution in [1.29, 1.82) is 0 Å². The predicted octanol–water partition coefficient (Wildman–Crippen LogP) is 5.30. The third-order valence-electron chi connectivity index (χ3n) is 1.14. The largest absolute Gasteiger partial charge is 0.0990 e. The third-order valence-corrected chi connectivity index (χ3v) is 1.14. The van der Waals surface area contributed by atoms with Gasteiger partial charge < -0.3 is 0 Å². The van der Waals surface area contributed by atoms with E-state index in [-0.39, 0.29) is 0 Å². The molecule has 0 aromatic heterocycles. The van der Waals surface area contributed by atoms with Crippen molar-refractivity contribution in [2.24, 2.45) is 0 Å². The van der Waals surface area contributed by atoms with Crippen molar-refractivity contribution in [3.8, 4) is 0 Å². The van der Waals surface area contributed by atoms with E-state index in [2.05, 4.69) is 13.2 Å². The number of rotatable bonds is 3. The fourth-order valence-electron chi connectivity index (χ4n) is 0.647. The third kappa shape index (κ3) is 13.5. The Morgan fingerprint density at radius 3 is 1.71 bits per heavy atom. The maximum absolute atomic E-state index is 3.83. The molecule has 0 saturated carbocycles. The van der Waals surface area contributed by atoms with E-state index in [4.69, 9.17) is 0 Å². The van der Waals surface area contributed by atoms with Crippen LogP contribution in [0.3, 0.4) is 0 Å². The van der Waals surface area contributed by atoms with Crippen molar-refractivity contribution in [3.05, 3.63) is 48.6 Å². The van der Waals surface area contributed by atoms with Gasteiger partial charge in [0.1, 0.15) is 0 Å². The molecule has 0 rings (SSSR count). The van der Waals surface area contributed by atoms with E-state index in [1.54, 1.807) is 6.08 Å². The van der Waals surface area contributed by atoms with Gasteiger partial charge in [-0.05, 0) is 19.4 Å². The zero-order valence-corrected chi connectivity index (χ0v) is 10.7. The Bertz CT molecular complexity index is 180. The molecule has 0 amide bonds. The summed E-state index contributed by atoms with van der Waals surface area (Å²) in [5.41, 5.74) is 2.20. The van der Waals surface area contributed by atoms with Crippen molar-refractivity contribution in [2.45, 2.75) is 41.5 Å². The predicted molar refractivity (Wildman–Crippen MR) is 70.6 cm³/mol. The molecule has 0 bridgehead atoms. The van der Waals surface area contributed by atoms with Crippen LogP contribution in [0.4, 0.5) is 0 Å². The van der Waals surface area contributed by atoms with E-state index in [9.17, 15) is 0 Å². The van der Waals surface area contributed by atoms with Crippen LogP contribution in [0.25, 0.3) is 0 Å². The van der Waals surface area contributed by atoms with Crippen LogP contribution in [0.15, 0.2) is 48.6 Å². The number of allylic oxidation sites excluding steroid dienone is 6. The van der Waals surface area contributed by atoms with E-state index in [1.165, 1.54) is 0 Å². The summed E-state index contributed by atoms with van der Waals surface area (Å²) in [7, 11) is 0. The zero-order valence-electron chi connectivity index (χ0n) is 10.7. The normalized spacial score (nSPS) is 9.43. The van der Waals surface area contributed by atoms with Gasteiger partial charge in [0.2, 0.25) is 0 Å². The van der Waals surface area contributed by atoms with Crippen LogP contribution in [0, 0.1) is 0 Å². The highest BCUT2D eigenvalue weighted by Crippen LogP contribution is 2.07. The molecule has 0 saturated heterocycles. The summed E-state index contributed by atoms with van der Waals surface area (Å²) in [5, 5.41) is 0. The van der Waals surface area contributed by atoms with E-state index >= 15 is 0 Å². The lowest BCUT2D eigenvalue weighted by Crippen LogP contribution is -1.76. The molecule has 0 atom stereocenters. The highest BCUT2D eigenvalue weighted by molar-refractivity contribution is 5.38. The molecule has 0 nitrogen and oxygen atoms in total. The summed E-state index contributed by atoms with van der Waals surface area (Å²) in [6, 6.07) is 0. The minimum absolute atomic E-state index is 1.07. The molecule has 14 heavy (non-hydrogen) atoms. The summed E-state index contributed by atoms with van der Waals surface area (Å²) in [5.74, 6) is 0. The fraction of sp³-hybridized carbons (Fsp3) is 0.429. The van der Waals surface area contributed by atoms with Gasteiger partial charge in [0.25, 0.3) is 0 Å². The molecule has 82 valence electrons. The number of hydrogen-bond donors (Lipinski definition) is 0. The van der Waals surface area contributed by atoms with Gasteiger partial charge in [0, 0.05) is 0 Å². The minimum atomic E-state index is 1.07.